The van der Waals surface area contributed by atoms with Crippen LogP contribution in [-0.4, -0.2) is 43.9 Å². The second-order valence-corrected chi connectivity index (χ2v) is 7.57. The molecule has 0 unspecified atom stereocenters. The maximum Gasteiger partial charge on any atom is 0.243 e. The third-order valence-corrected chi connectivity index (χ3v) is 5.93. The molecule has 1 aromatic rings. The molecule has 1 saturated heterocycles. The Morgan fingerprint density at radius 2 is 2.15 bits per heavy atom. The highest BCUT2D eigenvalue weighted by Crippen LogP contribution is 2.20. The van der Waals surface area contributed by atoms with E-state index < -0.39 is 10.0 Å². The van der Waals surface area contributed by atoms with Crippen LogP contribution in [0.25, 0.3) is 0 Å². The van der Waals surface area contributed by atoms with Crippen molar-refractivity contribution in [2.75, 3.05) is 31.1 Å². The second-order valence-electron chi connectivity index (χ2n) is 4.40. The van der Waals surface area contributed by atoms with E-state index in [2.05, 4.69) is 11.8 Å². The van der Waals surface area contributed by atoms with Gasteiger partial charge in [0, 0.05) is 24.4 Å². The van der Waals surface area contributed by atoms with Crippen LogP contribution in [0.4, 0.5) is 0 Å². The Morgan fingerprint density at radius 1 is 1.30 bits per heavy atom. The predicted molar refractivity (Wildman–Crippen MR) is 83.1 cm³/mol. The summed E-state index contributed by atoms with van der Waals surface area (Å²) in [5, 5.41) is 0. The molecular weight excluding hydrogens is 292 g/mol. The Labute approximate surface area is 124 Å². The Bertz CT molecular complexity index is 610. The van der Waals surface area contributed by atoms with Gasteiger partial charge >= 0.3 is 0 Å². The Morgan fingerprint density at radius 3 is 2.95 bits per heavy atom. The minimum absolute atomic E-state index is 0.264. The van der Waals surface area contributed by atoms with Gasteiger partial charge in [-0.25, -0.2) is 8.42 Å². The molecule has 1 aromatic carbocycles. The lowest BCUT2D eigenvalue weighted by atomic mass is 10.2. The van der Waals surface area contributed by atoms with E-state index in [0.29, 0.717) is 23.5 Å². The number of nitrogens with zero attached hydrogens (tertiary/aromatic N) is 1. The maximum absolute atomic E-state index is 12.6. The van der Waals surface area contributed by atoms with Crippen LogP contribution in [0.2, 0.25) is 0 Å². The molecule has 0 radical (unpaired) electrons. The van der Waals surface area contributed by atoms with Gasteiger partial charge in [0.2, 0.25) is 10.0 Å². The molecule has 1 heterocycles. The molecule has 2 rings (SSSR count). The van der Waals surface area contributed by atoms with E-state index in [9.17, 15) is 8.42 Å². The van der Waals surface area contributed by atoms with Gasteiger partial charge in [-0.2, -0.15) is 16.1 Å². The lowest BCUT2D eigenvalue weighted by Crippen LogP contribution is -2.33. The first-order valence-corrected chi connectivity index (χ1v) is 9.11. The van der Waals surface area contributed by atoms with E-state index in [-0.39, 0.29) is 6.54 Å². The normalized spacial score (nSPS) is 17.1. The van der Waals surface area contributed by atoms with E-state index >= 15 is 0 Å². The zero-order valence-electron chi connectivity index (χ0n) is 11.2. The maximum atomic E-state index is 12.6. The summed E-state index contributed by atoms with van der Waals surface area (Å²) in [6.07, 6.45) is 0.899. The molecule has 0 saturated carbocycles. The van der Waals surface area contributed by atoms with Crippen LogP contribution in [-0.2, 0) is 10.0 Å². The van der Waals surface area contributed by atoms with Gasteiger partial charge in [-0.15, -0.1) is 0 Å². The second kappa shape index (κ2) is 7.14. The minimum Gasteiger partial charge on any atom is -0.320 e. The van der Waals surface area contributed by atoms with Crippen LogP contribution in [0.3, 0.4) is 0 Å². The SMILES string of the molecule is NCC#Cc1cccc(S(=O)(=O)N2CCCSCC2)c1. The molecule has 108 valence electrons. The highest BCUT2D eigenvalue weighted by atomic mass is 32.2. The molecular formula is C14H18N2O2S2. The standard InChI is InChI=1S/C14H18N2O2S2/c15-7-2-5-13-4-1-6-14(12-13)20(17,18)16-8-3-10-19-11-9-16/h1,4,6,12H,3,7-11,15H2. The first-order valence-electron chi connectivity index (χ1n) is 6.51. The number of hydrogen-bond acceptors (Lipinski definition) is 4. The largest absolute Gasteiger partial charge is 0.320 e. The molecule has 1 fully saturated rings. The van der Waals surface area contributed by atoms with Gasteiger partial charge in [0.1, 0.15) is 0 Å². The Kier molecular flexibility index (Phi) is 5.49. The van der Waals surface area contributed by atoms with Crippen LogP contribution >= 0.6 is 11.8 Å². The first-order chi connectivity index (χ1) is 9.64. The Hall–Kier alpha value is -1.00. The summed E-state index contributed by atoms with van der Waals surface area (Å²) in [4.78, 5) is 0.313. The van der Waals surface area contributed by atoms with E-state index in [4.69, 9.17) is 5.73 Å². The van der Waals surface area contributed by atoms with Gasteiger partial charge in [-0.3, -0.25) is 0 Å². The summed E-state index contributed by atoms with van der Waals surface area (Å²) in [5.74, 6) is 7.48. The fraction of sp³-hybridized carbons (Fsp3) is 0.429. The van der Waals surface area contributed by atoms with Crippen molar-refractivity contribution in [2.24, 2.45) is 5.73 Å². The number of hydrogen-bond donors (Lipinski definition) is 1. The summed E-state index contributed by atoms with van der Waals surface area (Å²) in [6.45, 7) is 1.43. The third-order valence-electron chi connectivity index (χ3n) is 2.99. The average molecular weight is 310 g/mol. The van der Waals surface area contributed by atoms with Crippen molar-refractivity contribution in [1.82, 2.24) is 4.31 Å². The van der Waals surface area contributed by atoms with Crippen molar-refractivity contribution in [2.45, 2.75) is 11.3 Å². The van der Waals surface area contributed by atoms with Crippen molar-refractivity contribution < 1.29 is 8.42 Å². The fourth-order valence-electron chi connectivity index (χ4n) is 2.00. The van der Waals surface area contributed by atoms with E-state index in [1.54, 1.807) is 40.3 Å². The van der Waals surface area contributed by atoms with Gasteiger partial charge in [0.15, 0.2) is 0 Å². The van der Waals surface area contributed by atoms with Crippen LogP contribution in [0, 0.1) is 11.8 Å². The van der Waals surface area contributed by atoms with Crippen LogP contribution < -0.4 is 5.73 Å². The summed E-state index contributed by atoms with van der Waals surface area (Å²) in [7, 11) is -3.41. The highest BCUT2D eigenvalue weighted by molar-refractivity contribution is 7.99. The summed E-state index contributed by atoms with van der Waals surface area (Å²) in [6, 6.07) is 6.76. The van der Waals surface area contributed by atoms with Crippen molar-refractivity contribution in [1.29, 1.82) is 0 Å². The molecule has 0 spiro atoms. The van der Waals surface area contributed by atoms with Crippen LogP contribution in [0.5, 0.6) is 0 Å². The topological polar surface area (TPSA) is 63.4 Å². The average Bonchev–Trinajstić information content (AvgIpc) is 2.75. The van der Waals surface area contributed by atoms with E-state index in [1.807, 2.05) is 0 Å². The molecule has 0 atom stereocenters. The van der Waals surface area contributed by atoms with Gasteiger partial charge < -0.3 is 5.73 Å². The van der Waals surface area contributed by atoms with Gasteiger partial charge in [0.25, 0.3) is 0 Å². The fourth-order valence-corrected chi connectivity index (χ4v) is 4.53. The number of benzene rings is 1. The van der Waals surface area contributed by atoms with Crippen LogP contribution in [0.1, 0.15) is 12.0 Å². The van der Waals surface area contributed by atoms with Gasteiger partial charge in [-0.1, -0.05) is 17.9 Å². The van der Waals surface area contributed by atoms with Crippen molar-refractivity contribution >= 4 is 21.8 Å². The predicted octanol–water partition coefficient (Wildman–Crippen LogP) is 1.12. The summed E-state index contributed by atoms with van der Waals surface area (Å²) in [5.41, 5.74) is 6.01. The monoisotopic (exact) mass is 310 g/mol. The zero-order chi connectivity index (χ0) is 14.4. The molecule has 6 heteroatoms. The molecule has 0 amide bonds. The van der Waals surface area contributed by atoms with Crippen molar-refractivity contribution in [3.05, 3.63) is 29.8 Å². The third kappa shape index (κ3) is 3.76. The minimum atomic E-state index is -3.41. The molecule has 1 aliphatic rings. The van der Waals surface area contributed by atoms with Crippen molar-refractivity contribution in [3.63, 3.8) is 0 Å². The summed E-state index contributed by atoms with van der Waals surface area (Å²) < 4.78 is 26.8. The van der Waals surface area contributed by atoms with Crippen molar-refractivity contribution in [3.8, 4) is 11.8 Å². The number of rotatable bonds is 2. The molecule has 1 aliphatic heterocycles. The molecule has 2 N–H and O–H groups in total. The summed E-state index contributed by atoms with van der Waals surface area (Å²) >= 11 is 1.80. The molecule has 0 aromatic heterocycles. The van der Waals surface area contributed by atoms with Crippen LogP contribution in [0.15, 0.2) is 29.2 Å². The molecule has 20 heavy (non-hydrogen) atoms. The number of thioether (sulfide) groups is 1. The quantitative estimate of drug-likeness (QED) is 0.832. The van der Waals surface area contributed by atoms with E-state index in [1.165, 1.54) is 0 Å². The zero-order valence-corrected chi connectivity index (χ0v) is 12.8. The lowest BCUT2D eigenvalue weighted by Gasteiger charge is -2.19. The van der Waals surface area contributed by atoms with Gasteiger partial charge in [-0.05, 0) is 30.4 Å². The highest BCUT2D eigenvalue weighted by Gasteiger charge is 2.25. The first kappa shape index (κ1) is 15.4. The molecule has 4 nitrogen and oxygen atoms in total. The smallest absolute Gasteiger partial charge is 0.243 e. The lowest BCUT2D eigenvalue weighted by molar-refractivity contribution is 0.435. The van der Waals surface area contributed by atoms with E-state index in [0.717, 1.165) is 17.9 Å². The molecule has 0 aliphatic carbocycles. The molecule has 0 bridgehead atoms. The number of nitrogens with two attached hydrogens (primary N) is 1. The Balaban J connectivity index is 2.28. The van der Waals surface area contributed by atoms with Gasteiger partial charge in [0.05, 0.1) is 11.4 Å². The number of sulfonamides is 1.